The lowest BCUT2D eigenvalue weighted by Gasteiger charge is -2.18. The van der Waals surface area contributed by atoms with E-state index in [9.17, 15) is 18.0 Å². The van der Waals surface area contributed by atoms with Crippen molar-refractivity contribution in [2.24, 2.45) is 4.99 Å². The van der Waals surface area contributed by atoms with Crippen LogP contribution in [0.15, 0.2) is 64.5 Å². The van der Waals surface area contributed by atoms with Crippen molar-refractivity contribution in [3.05, 3.63) is 60.2 Å². The van der Waals surface area contributed by atoms with Crippen LogP contribution < -0.4 is 15.4 Å². The van der Waals surface area contributed by atoms with E-state index < -0.39 is 16.1 Å². The molecule has 0 aliphatic carbocycles. The van der Waals surface area contributed by atoms with E-state index in [2.05, 4.69) is 20.3 Å². The van der Waals surface area contributed by atoms with Crippen molar-refractivity contribution in [1.29, 1.82) is 0 Å². The van der Waals surface area contributed by atoms with Crippen molar-refractivity contribution in [1.82, 2.24) is 10.0 Å². The van der Waals surface area contributed by atoms with E-state index in [0.29, 0.717) is 24.5 Å². The largest absolute Gasteiger partial charge is 0.349 e. The van der Waals surface area contributed by atoms with Crippen LogP contribution in [0.5, 0.6) is 0 Å². The van der Waals surface area contributed by atoms with Gasteiger partial charge in [-0.15, -0.1) is 0 Å². The first-order chi connectivity index (χ1) is 15.3. The van der Waals surface area contributed by atoms with Crippen LogP contribution in [-0.4, -0.2) is 32.6 Å². The predicted octanol–water partition coefficient (Wildman–Crippen LogP) is 3.14. The maximum atomic E-state index is 12.6. The van der Waals surface area contributed by atoms with Crippen LogP contribution in [0, 0.1) is 0 Å². The van der Waals surface area contributed by atoms with Crippen molar-refractivity contribution in [3.8, 4) is 0 Å². The molecule has 0 unspecified atom stereocenters. The molecule has 2 amide bonds. The molecule has 2 aromatic rings. The molecule has 1 atom stereocenters. The summed E-state index contributed by atoms with van der Waals surface area (Å²) in [5, 5.41) is 5.54. The Morgan fingerprint density at radius 1 is 1.00 bits per heavy atom. The number of rotatable bonds is 7. The SMILES string of the molecule is CC(=O)N[C@@H](CC(=O)Nc1ccc(S(=O)(=O)NC2=NCCCCC2)cc1)c1ccccc1. The standard InChI is InChI=1S/C23H28N4O4S/c1-17(28)25-21(18-8-4-2-5-9-18)16-23(29)26-19-11-13-20(14-12-19)32(30,31)27-22-10-6-3-7-15-24-22/h2,4-5,8-9,11-14,21H,3,6-7,10,15-16H2,1H3,(H,24,27)(H,25,28)(H,26,29)/t21-/m0/s1. The fourth-order valence-corrected chi connectivity index (χ4v) is 4.56. The number of carbonyl (C=O) groups is 2. The predicted molar refractivity (Wildman–Crippen MR) is 124 cm³/mol. The number of aliphatic imine (C=N–C) groups is 1. The molecule has 8 nitrogen and oxygen atoms in total. The van der Waals surface area contributed by atoms with E-state index in [-0.39, 0.29) is 23.1 Å². The molecule has 1 aliphatic heterocycles. The number of nitrogens with one attached hydrogen (secondary N) is 3. The van der Waals surface area contributed by atoms with Gasteiger partial charge in [0.15, 0.2) is 0 Å². The van der Waals surface area contributed by atoms with Crippen LogP contribution in [0.2, 0.25) is 0 Å². The van der Waals surface area contributed by atoms with Gasteiger partial charge in [-0.05, 0) is 42.7 Å². The highest BCUT2D eigenvalue weighted by molar-refractivity contribution is 7.90. The molecule has 0 saturated heterocycles. The minimum atomic E-state index is -3.73. The number of amides is 2. The number of hydrogen-bond donors (Lipinski definition) is 3. The monoisotopic (exact) mass is 456 g/mol. The molecule has 0 bridgehead atoms. The lowest BCUT2D eigenvalue weighted by atomic mass is 10.0. The fraction of sp³-hybridized carbons (Fsp3) is 0.348. The van der Waals surface area contributed by atoms with E-state index in [4.69, 9.17) is 0 Å². The van der Waals surface area contributed by atoms with Crippen LogP contribution in [0.4, 0.5) is 5.69 Å². The van der Waals surface area contributed by atoms with Gasteiger partial charge in [0.05, 0.1) is 17.4 Å². The van der Waals surface area contributed by atoms with Gasteiger partial charge in [-0.2, -0.15) is 0 Å². The zero-order valence-corrected chi connectivity index (χ0v) is 18.8. The summed E-state index contributed by atoms with van der Waals surface area (Å²) in [6.07, 6.45) is 3.58. The lowest BCUT2D eigenvalue weighted by molar-refractivity contribution is -0.120. The van der Waals surface area contributed by atoms with Crippen LogP contribution in [0.25, 0.3) is 0 Å². The Labute approximate surface area is 188 Å². The average molecular weight is 457 g/mol. The number of anilines is 1. The summed E-state index contributed by atoms with van der Waals surface area (Å²) in [5.41, 5.74) is 1.29. The summed E-state index contributed by atoms with van der Waals surface area (Å²) in [6.45, 7) is 2.03. The van der Waals surface area contributed by atoms with Crippen molar-refractivity contribution in [2.45, 2.75) is 50.0 Å². The van der Waals surface area contributed by atoms with Gasteiger partial charge in [-0.25, -0.2) is 8.42 Å². The quantitative estimate of drug-likeness (QED) is 0.593. The second-order valence-electron chi connectivity index (χ2n) is 7.69. The van der Waals surface area contributed by atoms with Gasteiger partial charge in [-0.3, -0.25) is 19.3 Å². The van der Waals surface area contributed by atoms with Crippen molar-refractivity contribution >= 4 is 33.4 Å². The molecule has 9 heteroatoms. The van der Waals surface area contributed by atoms with Gasteiger partial charge >= 0.3 is 0 Å². The Morgan fingerprint density at radius 2 is 1.72 bits per heavy atom. The molecular weight excluding hydrogens is 428 g/mol. The molecule has 0 spiro atoms. The first kappa shape index (κ1) is 23.5. The second kappa shape index (κ2) is 10.9. The number of benzene rings is 2. The zero-order valence-electron chi connectivity index (χ0n) is 18.0. The van der Waals surface area contributed by atoms with E-state index >= 15 is 0 Å². The minimum Gasteiger partial charge on any atom is -0.349 e. The van der Waals surface area contributed by atoms with Crippen molar-refractivity contribution < 1.29 is 18.0 Å². The molecule has 170 valence electrons. The summed E-state index contributed by atoms with van der Waals surface area (Å²) in [5.74, 6) is -0.0362. The Bertz CT molecular complexity index is 1070. The lowest BCUT2D eigenvalue weighted by Crippen LogP contribution is -2.30. The molecule has 0 aromatic heterocycles. The molecule has 1 aliphatic rings. The third-order valence-electron chi connectivity index (χ3n) is 5.04. The van der Waals surface area contributed by atoms with Gasteiger partial charge in [0.25, 0.3) is 10.0 Å². The number of hydrogen-bond acceptors (Lipinski definition) is 5. The maximum absolute atomic E-state index is 12.6. The smallest absolute Gasteiger partial charge is 0.262 e. The van der Waals surface area contributed by atoms with Gasteiger partial charge in [0.1, 0.15) is 5.84 Å². The number of nitrogens with zero attached hydrogens (tertiary/aromatic N) is 1. The molecule has 3 rings (SSSR count). The van der Waals surface area contributed by atoms with E-state index in [1.807, 2.05) is 30.3 Å². The van der Waals surface area contributed by atoms with E-state index in [1.165, 1.54) is 31.2 Å². The molecule has 0 radical (unpaired) electrons. The summed E-state index contributed by atoms with van der Waals surface area (Å²) in [6, 6.07) is 14.7. The summed E-state index contributed by atoms with van der Waals surface area (Å²) in [7, 11) is -3.73. The van der Waals surface area contributed by atoms with Crippen LogP contribution in [-0.2, 0) is 19.6 Å². The summed E-state index contributed by atoms with van der Waals surface area (Å²) >= 11 is 0. The highest BCUT2D eigenvalue weighted by Crippen LogP contribution is 2.19. The second-order valence-corrected chi connectivity index (χ2v) is 9.37. The molecule has 2 aromatic carbocycles. The average Bonchev–Trinajstić information content (AvgIpc) is 3.02. The van der Waals surface area contributed by atoms with Crippen LogP contribution >= 0.6 is 0 Å². The van der Waals surface area contributed by atoms with Gasteiger partial charge in [0.2, 0.25) is 11.8 Å². The van der Waals surface area contributed by atoms with E-state index in [0.717, 1.165) is 24.8 Å². The van der Waals surface area contributed by atoms with E-state index in [1.54, 1.807) is 0 Å². The molecule has 32 heavy (non-hydrogen) atoms. The van der Waals surface area contributed by atoms with Crippen LogP contribution in [0.3, 0.4) is 0 Å². The molecule has 0 saturated carbocycles. The van der Waals surface area contributed by atoms with Gasteiger partial charge in [-0.1, -0.05) is 36.8 Å². The molecule has 3 N–H and O–H groups in total. The summed E-state index contributed by atoms with van der Waals surface area (Å²) in [4.78, 5) is 28.5. The fourth-order valence-electron chi connectivity index (χ4n) is 3.47. The Kier molecular flexibility index (Phi) is 7.99. The number of amidine groups is 1. The summed E-state index contributed by atoms with van der Waals surface area (Å²) < 4.78 is 27.8. The third kappa shape index (κ3) is 6.91. The first-order valence-corrected chi connectivity index (χ1v) is 12.1. The van der Waals surface area contributed by atoms with Crippen molar-refractivity contribution in [3.63, 3.8) is 0 Å². The maximum Gasteiger partial charge on any atom is 0.262 e. The van der Waals surface area contributed by atoms with Gasteiger partial charge in [0, 0.05) is 25.6 Å². The molecular formula is C23H28N4O4S. The highest BCUT2D eigenvalue weighted by atomic mass is 32.2. The first-order valence-electron chi connectivity index (χ1n) is 10.6. The minimum absolute atomic E-state index is 0.0466. The molecule has 0 fully saturated rings. The Hall–Kier alpha value is -3.20. The zero-order chi connectivity index (χ0) is 23.0. The highest BCUT2D eigenvalue weighted by Gasteiger charge is 2.19. The van der Waals surface area contributed by atoms with Crippen molar-refractivity contribution in [2.75, 3.05) is 11.9 Å². The Morgan fingerprint density at radius 3 is 2.41 bits per heavy atom. The topological polar surface area (TPSA) is 117 Å². The third-order valence-corrected chi connectivity index (χ3v) is 6.44. The Balaban J connectivity index is 1.63. The molecule has 1 heterocycles. The van der Waals surface area contributed by atoms with Crippen LogP contribution in [0.1, 0.15) is 50.6 Å². The normalized spacial score (nSPS) is 15.1. The number of carbonyl (C=O) groups excluding carboxylic acids is 2. The van der Waals surface area contributed by atoms with Gasteiger partial charge < -0.3 is 10.6 Å². The number of sulfonamides is 1.